The van der Waals surface area contributed by atoms with Gasteiger partial charge >= 0.3 is 11.9 Å². The van der Waals surface area contributed by atoms with Gasteiger partial charge in [-0.15, -0.1) is 11.6 Å². The summed E-state index contributed by atoms with van der Waals surface area (Å²) in [5, 5.41) is 3.06. The number of nitrogens with one attached hydrogen (secondary N) is 1. The molecule has 1 atom stereocenters. The summed E-state index contributed by atoms with van der Waals surface area (Å²) in [7, 11) is 1.30. The number of alkyl halides is 1. The van der Waals surface area contributed by atoms with Crippen molar-refractivity contribution in [2.45, 2.75) is 19.8 Å². The average molecular weight is 430 g/mol. The molecule has 0 fully saturated rings. The summed E-state index contributed by atoms with van der Waals surface area (Å²) < 4.78 is 10.7. The molecule has 2 heterocycles. The molecule has 134 valence electrons. The number of rotatable bonds is 5. The third-order valence-electron chi connectivity index (χ3n) is 3.78. The number of allylic oxidation sites excluding steroid dienone is 2. The molecule has 0 saturated carbocycles. The monoisotopic (exact) mass is 428 g/mol. The number of hydrogen-bond acceptors (Lipinski definition) is 6. The van der Waals surface area contributed by atoms with Crippen LogP contribution in [0.25, 0.3) is 0 Å². The van der Waals surface area contributed by atoms with Crippen molar-refractivity contribution in [2.75, 3.05) is 19.6 Å². The van der Waals surface area contributed by atoms with Crippen LogP contribution in [0.2, 0.25) is 0 Å². The van der Waals surface area contributed by atoms with Gasteiger partial charge in [-0.3, -0.25) is 0 Å². The first-order valence-corrected chi connectivity index (χ1v) is 8.84. The van der Waals surface area contributed by atoms with Crippen molar-refractivity contribution < 1.29 is 19.1 Å². The van der Waals surface area contributed by atoms with Crippen molar-refractivity contribution >= 4 is 39.5 Å². The van der Waals surface area contributed by atoms with Crippen LogP contribution < -0.4 is 5.32 Å². The minimum absolute atomic E-state index is 0.0835. The molecule has 25 heavy (non-hydrogen) atoms. The zero-order valence-electron chi connectivity index (χ0n) is 14.1. The number of dihydropyridines is 1. The topological polar surface area (TPSA) is 77.5 Å². The molecule has 0 amide bonds. The first-order chi connectivity index (χ1) is 11.9. The number of ether oxygens (including phenoxy) is 2. The molecule has 1 aliphatic rings. The SMILES string of the molecule is COC(=O)C1=C(C)NC(C)=C(C(=O)OCCCl)C1c1ccnc(Br)c1. The average Bonchev–Trinajstić information content (AvgIpc) is 2.58. The van der Waals surface area contributed by atoms with Crippen LogP contribution in [0.1, 0.15) is 25.3 Å². The molecule has 1 unspecified atom stereocenters. The van der Waals surface area contributed by atoms with Gasteiger partial charge in [0.15, 0.2) is 0 Å². The molecule has 6 nitrogen and oxygen atoms in total. The van der Waals surface area contributed by atoms with Crippen molar-refractivity contribution in [1.29, 1.82) is 0 Å². The summed E-state index contributed by atoms with van der Waals surface area (Å²) in [6.45, 7) is 3.61. The van der Waals surface area contributed by atoms with Gasteiger partial charge in [0.1, 0.15) is 11.2 Å². The Balaban J connectivity index is 2.61. The quantitative estimate of drug-likeness (QED) is 0.440. The molecule has 0 aliphatic carbocycles. The van der Waals surface area contributed by atoms with Crippen LogP contribution >= 0.6 is 27.5 Å². The fourth-order valence-electron chi connectivity index (χ4n) is 2.78. The summed E-state index contributed by atoms with van der Waals surface area (Å²) in [6, 6.07) is 3.51. The summed E-state index contributed by atoms with van der Waals surface area (Å²) in [5.74, 6) is -1.48. The summed E-state index contributed by atoms with van der Waals surface area (Å²) in [6.07, 6.45) is 1.60. The Bertz CT molecular complexity index is 761. The Morgan fingerprint density at radius 3 is 2.48 bits per heavy atom. The van der Waals surface area contributed by atoms with Gasteiger partial charge in [0.05, 0.1) is 30.1 Å². The van der Waals surface area contributed by atoms with E-state index in [2.05, 4.69) is 26.2 Å². The maximum Gasteiger partial charge on any atom is 0.336 e. The number of carbonyl (C=O) groups excluding carboxylic acids is 2. The van der Waals surface area contributed by atoms with E-state index in [9.17, 15) is 9.59 Å². The number of halogens is 2. The molecule has 0 saturated heterocycles. The van der Waals surface area contributed by atoms with Crippen molar-refractivity contribution in [2.24, 2.45) is 0 Å². The Kier molecular flexibility index (Phi) is 6.61. The van der Waals surface area contributed by atoms with Crippen LogP contribution in [-0.2, 0) is 19.1 Å². The molecule has 1 aromatic rings. The van der Waals surface area contributed by atoms with Crippen LogP contribution in [0.4, 0.5) is 0 Å². The van der Waals surface area contributed by atoms with Crippen LogP contribution in [-0.4, -0.2) is 36.5 Å². The lowest BCUT2D eigenvalue weighted by Gasteiger charge is -2.30. The Hall–Kier alpha value is -1.86. The molecular formula is C17H18BrClN2O4. The van der Waals surface area contributed by atoms with E-state index in [0.717, 1.165) is 5.56 Å². The number of pyridine rings is 1. The fraction of sp³-hybridized carbons (Fsp3) is 0.353. The van der Waals surface area contributed by atoms with Crippen LogP contribution in [0.3, 0.4) is 0 Å². The van der Waals surface area contributed by atoms with Gasteiger partial charge in [0, 0.05) is 17.6 Å². The van der Waals surface area contributed by atoms with E-state index in [1.165, 1.54) is 7.11 Å². The first-order valence-electron chi connectivity index (χ1n) is 7.52. The fourth-order valence-corrected chi connectivity index (χ4v) is 3.24. The predicted octanol–water partition coefficient (Wildman–Crippen LogP) is 3.03. The highest BCUT2D eigenvalue weighted by molar-refractivity contribution is 9.10. The predicted molar refractivity (Wildman–Crippen MR) is 96.9 cm³/mol. The standard InChI is InChI=1S/C17H18BrClN2O4/c1-9-13(16(22)24-3)15(11-4-6-20-12(18)8-11)14(10(2)21-9)17(23)25-7-5-19/h4,6,8,15,21H,5,7H2,1-3H3. The van der Waals surface area contributed by atoms with E-state index in [-0.39, 0.29) is 12.5 Å². The van der Waals surface area contributed by atoms with Gasteiger partial charge in [0.2, 0.25) is 0 Å². The second-order valence-corrected chi connectivity index (χ2v) is 6.55. The molecule has 8 heteroatoms. The maximum atomic E-state index is 12.6. The zero-order valence-corrected chi connectivity index (χ0v) is 16.4. The highest BCUT2D eigenvalue weighted by atomic mass is 79.9. The van der Waals surface area contributed by atoms with Gasteiger partial charge in [-0.1, -0.05) is 0 Å². The minimum Gasteiger partial charge on any atom is -0.466 e. The largest absolute Gasteiger partial charge is 0.466 e. The van der Waals surface area contributed by atoms with E-state index in [1.54, 1.807) is 32.2 Å². The van der Waals surface area contributed by atoms with E-state index in [4.69, 9.17) is 21.1 Å². The van der Waals surface area contributed by atoms with Crippen molar-refractivity contribution in [1.82, 2.24) is 10.3 Å². The summed E-state index contributed by atoms with van der Waals surface area (Å²) in [5.41, 5.74) is 2.65. The van der Waals surface area contributed by atoms with Crippen LogP contribution in [0, 0.1) is 0 Å². The van der Waals surface area contributed by atoms with Crippen LogP contribution in [0.5, 0.6) is 0 Å². The second kappa shape index (κ2) is 8.49. The number of nitrogens with zero attached hydrogens (tertiary/aromatic N) is 1. The van der Waals surface area contributed by atoms with E-state index < -0.39 is 17.9 Å². The van der Waals surface area contributed by atoms with E-state index >= 15 is 0 Å². The lowest BCUT2D eigenvalue weighted by atomic mass is 9.81. The smallest absolute Gasteiger partial charge is 0.336 e. The zero-order chi connectivity index (χ0) is 18.6. The Morgan fingerprint density at radius 1 is 1.28 bits per heavy atom. The van der Waals surface area contributed by atoms with E-state index in [1.807, 2.05) is 0 Å². The van der Waals surface area contributed by atoms with E-state index in [0.29, 0.717) is 27.1 Å². The number of aromatic nitrogens is 1. The summed E-state index contributed by atoms with van der Waals surface area (Å²) in [4.78, 5) is 29.1. The van der Waals surface area contributed by atoms with Crippen molar-refractivity contribution in [3.63, 3.8) is 0 Å². The molecule has 1 aromatic heterocycles. The normalized spacial score (nSPS) is 17.2. The third kappa shape index (κ3) is 4.22. The lowest BCUT2D eigenvalue weighted by Crippen LogP contribution is -2.32. The number of methoxy groups -OCH3 is 1. The van der Waals surface area contributed by atoms with Gasteiger partial charge in [-0.2, -0.15) is 0 Å². The number of carbonyl (C=O) groups is 2. The lowest BCUT2D eigenvalue weighted by molar-refractivity contribution is -0.139. The minimum atomic E-state index is -0.629. The second-order valence-electron chi connectivity index (χ2n) is 5.36. The molecule has 0 spiro atoms. The molecule has 0 bridgehead atoms. The highest BCUT2D eigenvalue weighted by Gasteiger charge is 2.37. The third-order valence-corrected chi connectivity index (χ3v) is 4.37. The Morgan fingerprint density at radius 2 is 1.92 bits per heavy atom. The number of hydrogen-bond donors (Lipinski definition) is 1. The number of esters is 2. The van der Waals surface area contributed by atoms with Gasteiger partial charge < -0.3 is 14.8 Å². The van der Waals surface area contributed by atoms with Gasteiger partial charge in [-0.05, 0) is 47.5 Å². The molecule has 2 rings (SSSR count). The molecular weight excluding hydrogens is 412 g/mol. The first kappa shape index (κ1) is 19.5. The molecule has 0 aromatic carbocycles. The summed E-state index contributed by atoms with van der Waals surface area (Å²) >= 11 is 8.94. The molecule has 0 radical (unpaired) electrons. The van der Waals surface area contributed by atoms with Crippen LogP contribution in [0.15, 0.2) is 45.5 Å². The molecule has 1 N–H and O–H groups in total. The van der Waals surface area contributed by atoms with Crippen molar-refractivity contribution in [3.05, 3.63) is 51.0 Å². The molecule has 1 aliphatic heterocycles. The van der Waals surface area contributed by atoms with Crippen molar-refractivity contribution in [3.8, 4) is 0 Å². The highest BCUT2D eigenvalue weighted by Crippen LogP contribution is 2.39. The van der Waals surface area contributed by atoms with Gasteiger partial charge in [0.25, 0.3) is 0 Å². The maximum absolute atomic E-state index is 12.6. The Labute approximate surface area is 159 Å². The van der Waals surface area contributed by atoms with Gasteiger partial charge in [-0.25, -0.2) is 14.6 Å².